The molecule has 26 heavy (non-hydrogen) atoms. The van der Waals surface area contributed by atoms with Crippen molar-refractivity contribution in [2.24, 2.45) is 0 Å². The lowest BCUT2D eigenvalue weighted by Crippen LogP contribution is -2.49. The number of hydrogen-bond donors (Lipinski definition) is 1. The van der Waals surface area contributed by atoms with Crippen LogP contribution < -0.4 is 5.32 Å². The van der Waals surface area contributed by atoms with E-state index in [0.29, 0.717) is 18.7 Å². The Kier molecular flexibility index (Phi) is 4.49. The van der Waals surface area contributed by atoms with Gasteiger partial charge in [-0.1, -0.05) is 60.2 Å². The van der Waals surface area contributed by atoms with Crippen molar-refractivity contribution in [3.05, 3.63) is 71.3 Å². The molecule has 0 bridgehead atoms. The number of amides is 2. The summed E-state index contributed by atoms with van der Waals surface area (Å²) in [6, 6.07) is 17.8. The Labute approximate surface area is 158 Å². The van der Waals surface area contributed by atoms with Crippen molar-refractivity contribution in [2.75, 3.05) is 5.75 Å². The predicted molar refractivity (Wildman–Crippen MR) is 103 cm³/mol. The van der Waals surface area contributed by atoms with Gasteiger partial charge >= 0.3 is 0 Å². The lowest BCUT2D eigenvalue weighted by atomic mass is 10.0. The van der Waals surface area contributed by atoms with Crippen LogP contribution in [0.3, 0.4) is 0 Å². The third kappa shape index (κ3) is 2.90. The lowest BCUT2D eigenvalue weighted by molar-refractivity contribution is -0.138. The molecule has 0 radical (unpaired) electrons. The lowest BCUT2D eigenvalue weighted by Gasteiger charge is -2.34. The van der Waals surface area contributed by atoms with Crippen LogP contribution in [0.2, 0.25) is 0 Å². The normalized spacial score (nSPS) is 24.6. The van der Waals surface area contributed by atoms with E-state index in [2.05, 4.69) is 36.5 Å². The van der Waals surface area contributed by atoms with E-state index in [-0.39, 0.29) is 16.7 Å². The molecule has 2 amide bonds. The van der Waals surface area contributed by atoms with Crippen LogP contribution in [0, 0.1) is 6.92 Å². The number of rotatable bonds is 4. The van der Waals surface area contributed by atoms with Gasteiger partial charge < -0.3 is 10.2 Å². The molecule has 1 N–H and O–H groups in total. The minimum Gasteiger partial charge on any atom is -0.350 e. The zero-order chi connectivity index (χ0) is 18.1. The third-order valence-electron chi connectivity index (χ3n) is 5.24. The van der Waals surface area contributed by atoms with Gasteiger partial charge in [-0.15, -0.1) is 11.8 Å². The molecule has 2 heterocycles. The van der Waals surface area contributed by atoms with Gasteiger partial charge in [-0.05, 0) is 24.5 Å². The minimum absolute atomic E-state index is 0.0643. The highest BCUT2D eigenvalue weighted by atomic mass is 32.2. The Bertz CT molecular complexity index is 822. The molecule has 0 aliphatic carbocycles. The first-order valence-corrected chi connectivity index (χ1v) is 9.94. The number of aryl methyl sites for hydroxylation is 1. The van der Waals surface area contributed by atoms with Gasteiger partial charge in [0.2, 0.25) is 11.8 Å². The van der Waals surface area contributed by atoms with E-state index in [1.807, 2.05) is 35.2 Å². The highest BCUT2D eigenvalue weighted by Gasteiger charge is 2.56. The van der Waals surface area contributed by atoms with Crippen molar-refractivity contribution in [1.29, 1.82) is 0 Å². The Morgan fingerprint density at radius 3 is 2.65 bits per heavy atom. The zero-order valence-corrected chi connectivity index (χ0v) is 15.6. The molecule has 134 valence electrons. The molecule has 2 aromatic carbocycles. The number of fused-ring (bicyclic) bond motifs is 1. The molecule has 0 saturated carbocycles. The van der Waals surface area contributed by atoms with Crippen LogP contribution in [0.15, 0.2) is 54.6 Å². The fourth-order valence-corrected chi connectivity index (χ4v) is 5.51. The monoisotopic (exact) mass is 366 g/mol. The van der Waals surface area contributed by atoms with Crippen molar-refractivity contribution in [3.63, 3.8) is 0 Å². The van der Waals surface area contributed by atoms with Crippen LogP contribution in [-0.2, 0) is 21.0 Å². The molecule has 0 unspecified atom stereocenters. The molecule has 5 heteroatoms. The van der Waals surface area contributed by atoms with Gasteiger partial charge in [0.05, 0.1) is 0 Å². The Morgan fingerprint density at radius 2 is 1.92 bits per heavy atom. The average molecular weight is 366 g/mol. The van der Waals surface area contributed by atoms with Crippen LogP contribution in [0.1, 0.15) is 29.5 Å². The highest BCUT2D eigenvalue weighted by Crippen LogP contribution is 2.54. The Hall–Kier alpha value is -2.27. The standard InChI is InChI=1S/C21H22N2O2S/c1-15-7-9-17(10-8-15)21-12-11-19(24)23(21)18(14-26-21)20(25)22-13-16-5-3-2-4-6-16/h2-10,18H,11-14H2,1H3,(H,22,25)/t18-,21-/m1/s1. The summed E-state index contributed by atoms with van der Waals surface area (Å²) in [6.45, 7) is 2.54. The topological polar surface area (TPSA) is 49.4 Å². The van der Waals surface area contributed by atoms with Crippen molar-refractivity contribution >= 4 is 23.6 Å². The molecule has 2 fully saturated rings. The summed E-state index contributed by atoms with van der Waals surface area (Å²) in [5.41, 5.74) is 3.38. The highest BCUT2D eigenvalue weighted by molar-refractivity contribution is 8.00. The van der Waals surface area contributed by atoms with Crippen molar-refractivity contribution in [2.45, 2.75) is 37.2 Å². The van der Waals surface area contributed by atoms with Crippen LogP contribution in [0.25, 0.3) is 0 Å². The number of hydrogen-bond acceptors (Lipinski definition) is 3. The molecular formula is C21H22N2O2S. The van der Waals surface area contributed by atoms with Gasteiger partial charge in [0.25, 0.3) is 0 Å². The SMILES string of the molecule is Cc1ccc([C@]23CCC(=O)N2[C@@H](C(=O)NCc2ccccc2)CS3)cc1. The van der Waals surface area contributed by atoms with E-state index < -0.39 is 6.04 Å². The van der Waals surface area contributed by atoms with Gasteiger partial charge in [-0.2, -0.15) is 0 Å². The van der Waals surface area contributed by atoms with Gasteiger partial charge in [0, 0.05) is 18.7 Å². The number of nitrogens with zero attached hydrogens (tertiary/aromatic N) is 1. The molecule has 2 saturated heterocycles. The molecule has 0 aromatic heterocycles. The summed E-state index contributed by atoms with van der Waals surface area (Å²) < 4.78 is 0. The molecule has 0 spiro atoms. The summed E-state index contributed by atoms with van der Waals surface area (Å²) in [6.07, 6.45) is 1.27. The molecule has 4 rings (SSSR count). The second-order valence-corrected chi connectivity index (χ2v) is 8.24. The molecule has 2 atom stereocenters. The van der Waals surface area contributed by atoms with Gasteiger partial charge in [0.15, 0.2) is 0 Å². The van der Waals surface area contributed by atoms with Gasteiger partial charge in [-0.3, -0.25) is 9.59 Å². The summed E-state index contributed by atoms with van der Waals surface area (Å²) in [5, 5.41) is 3.01. The minimum atomic E-state index is -0.403. The predicted octanol–water partition coefficient (Wildman–Crippen LogP) is 3.20. The summed E-state index contributed by atoms with van der Waals surface area (Å²) in [5.74, 6) is 0.654. The smallest absolute Gasteiger partial charge is 0.244 e. The zero-order valence-electron chi connectivity index (χ0n) is 14.8. The van der Waals surface area contributed by atoms with Crippen LogP contribution in [0.4, 0.5) is 0 Å². The Balaban J connectivity index is 1.54. The molecule has 2 aliphatic rings. The Morgan fingerprint density at radius 1 is 1.19 bits per heavy atom. The van der Waals surface area contributed by atoms with Crippen molar-refractivity contribution in [1.82, 2.24) is 10.2 Å². The number of thioether (sulfide) groups is 1. The van der Waals surface area contributed by atoms with E-state index in [1.165, 1.54) is 5.56 Å². The van der Waals surface area contributed by atoms with Gasteiger partial charge in [0.1, 0.15) is 10.9 Å². The maximum absolute atomic E-state index is 12.8. The van der Waals surface area contributed by atoms with Crippen molar-refractivity contribution < 1.29 is 9.59 Å². The molecule has 4 nitrogen and oxygen atoms in total. The van der Waals surface area contributed by atoms with Crippen LogP contribution in [0.5, 0.6) is 0 Å². The molecule has 2 aromatic rings. The first-order chi connectivity index (χ1) is 12.6. The largest absolute Gasteiger partial charge is 0.350 e. The second kappa shape index (κ2) is 6.80. The van der Waals surface area contributed by atoms with Crippen LogP contribution in [-0.4, -0.2) is 28.5 Å². The summed E-state index contributed by atoms with van der Waals surface area (Å²) in [7, 11) is 0. The first kappa shape index (κ1) is 17.2. The van der Waals surface area contributed by atoms with E-state index in [0.717, 1.165) is 17.5 Å². The second-order valence-electron chi connectivity index (χ2n) is 6.94. The van der Waals surface area contributed by atoms with Gasteiger partial charge in [-0.25, -0.2) is 0 Å². The molecular weight excluding hydrogens is 344 g/mol. The quantitative estimate of drug-likeness (QED) is 0.904. The fraction of sp³-hybridized carbons (Fsp3) is 0.333. The number of benzene rings is 2. The maximum atomic E-state index is 12.8. The fourth-order valence-electron chi connectivity index (χ4n) is 3.85. The number of carbonyl (C=O) groups excluding carboxylic acids is 2. The third-order valence-corrected chi connectivity index (χ3v) is 6.84. The first-order valence-electron chi connectivity index (χ1n) is 8.95. The number of carbonyl (C=O) groups is 2. The van der Waals surface area contributed by atoms with E-state index in [9.17, 15) is 9.59 Å². The van der Waals surface area contributed by atoms with E-state index in [4.69, 9.17) is 0 Å². The number of nitrogens with one attached hydrogen (secondary N) is 1. The summed E-state index contributed by atoms with van der Waals surface area (Å²) in [4.78, 5) is 26.9. The average Bonchev–Trinajstić information content (AvgIpc) is 3.21. The molecule has 2 aliphatic heterocycles. The van der Waals surface area contributed by atoms with E-state index >= 15 is 0 Å². The van der Waals surface area contributed by atoms with Crippen molar-refractivity contribution in [3.8, 4) is 0 Å². The van der Waals surface area contributed by atoms with Crippen LogP contribution >= 0.6 is 11.8 Å². The van der Waals surface area contributed by atoms with E-state index in [1.54, 1.807) is 11.8 Å². The maximum Gasteiger partial charge on any atom is 0.244 e. The summed E-state index contributed by atoms with van der Waals surface area (Å²) >= 11 is 1.73.